The average molecular weight is 480 g/mol. The van der Waals surface area contributed by atoms with Crippen LogP contribution >= 0.6 is 0 Å². The van der Waals surface area contributed by atoms with Gasteiger partial charge in [-0.3, -0.25) is 9.78 Å². The van der Waals surface area contributed by atoms with Gasteiger partial charge >= 0.3 is 0 Å². The smallest absolute Gasteiger partial charge is 0.271 e. The van der Waals surface area contributed by atoms with E-state index in [1.54, 1.807) is 33.9 Å². The van der Waals surface area contributed by atoms with Crippen LogP contribution < -0.4 is 0 Å². The molecule has 1 aliphatic heterocycles. The van der Waals surface area contributed by atoms with Gasteiger partial charge in [0.2, 0.25) is 0 Å². The molecule has 0 spiro atoms. The molecule has 3 aromatic heterocycles. The Balaban J connectivity index is 1.22. The van der Waals surface area contributed by atoms with Crippen molar-refractivity contribution < 1.29 is 9.18 Å². The van der Waals surface area contributed by atoms with Gasteiger partial charge < -0.3 is 4.90 Å². The lowest BCUT2D eigenvalue weighted by atomic mass is 9.94. The minimum absolute atomic E-state index is 0.148. The van der Waals surface area contributed by atoms with Crippen molar-refractivity contribution in [3.63, 3.8) is 0 Å². The number of hydrogen-bond donors (Lipinski definition) is 0. The van der Waals surface area contributed by atoms with E-state index >= 15 is 0 Å². The van der Waals surface area contributed by atoms with E-state index in [2.05, 4.69) is 38.4 Å². The zero-order chi connectivity index (χ0) is 24.3. The predicted octanol–water partition coefficient (Wildman–Crippen LogP) is 4.00. The van der Waals surface area contributed by atoms with E-state index in [9.17, 15) is 9.18 Å². The second-order valence-corrected chi connectivity index (χ2v) is 9.59. The first-order valence-electron chi connectivity index (χ1n) is 12.1. The Morgan fingerprint density at radius 1 is 1.03 bits per heavy atom. The molecule has 1 amide bonds. The molecule has 8 nitrogen and oxygen atoms in total. The van der Waals surface area contributed by atoms with E-state index in [-0.39, 0.29) is 17.9 Å². The summed E-state index contributed by atoms with van der Waals surface area (Å²) in [4.78, 5) is 23.1. The molecule has 5 aromatic rings. The molecule has 2 aliphatic rings. The van der Waals surface area contributed by atoms with Crippen LogP contribution in [-0.2, 0) is 5.41 Å². The Hall–Kier alpha value is -4.27. The standard InChI is InChI=1S/C27H22FN7O/c28-21-9-13-34(16-21)24(36)18-5-3-17(4-6-18)23-15-30-26-32-31-25(35(26)33-23)27(10-11-27)20-7-8-22-19(14-20)2-1-12-29-22/h1-8,12,14-15,21H,9-11,13,16H2/t21-/m0/s1. The fourth-order valence-electron chi connectivity index (χ4n) is 5.14. The lowest BCUT2D eigenvalue weighted by Gasteiger charge is -2.15. The molecule has 0 radical (unpaired) electrons. The number of carbonyl (C=O) groups excluding carboxylic acids is 1. The normalized spacial score (nSPS) is 18.7. The average Bonchev–Trinajstić information content (AvgIpc) is 3.42. The van der Waals surface area contributed by atoms with Gasteiger partial charge in [-0.25, -0.2) is 9.37 Å². The third-order valence-corrected chi connectivity index (χ3v) is 7.31. The van der Waals surface area contributed by atoms with Crippen molar-refractivity contribution in [2.24, 2.45) is 0 Å². The number of fused-ring (bicyclic) bond motifs is 2. The van der Waals surface area contributed by atoms with Gasteiger partial charge in [0.1, 0.15) is 11.9 Å². The van der Waals surface area contributed by atoms with Crippen LogP contribution in [0.5, 0.6) is 0 Å². The zero-order valence-electron chi connectivity index (χ0n) is 19.4. The Labute approximate surface area is 205 Å². The highest BCUT2D eigenvalue weighted by Gasteiger charge is 2.50. The summed E-state index contributed by atoms with van der Waals surface area (Å²) in [5.41, 5.74) is 3.90. The fourth-order valence-corrected chi connectivity index (χ4v) is 5.14. The number of halogens is 1. The second-order valence-electron chi connectivity index (χ2n) is 9.59. The molecule has 0 N–H and O–H groups in total. The van der Waals surface area contributed by atoms with Crippen LogP contribution in [0, 0.1) is 0 Å². The molecule has 9 heteroatoms. The monoisotopic (exact) mass is 479 g/mol. The van der Waals surface area contributed by atoms with Crippen LogP contribution in [0.4, 0.5) is 4.39 Å². The van der Waals surface area contributed by atoms with E-state index in [4.69, 9.17) is 5.10 Å². The summed E-state index contributed by atoms with van der Waals surface area (Å²) >= 11 is 0. The molecule has 7 rings (SSSR count). The zero-order valence-corrected chi connectivity index (χ0v) is 19.4. The van der Waals surface area contributed by atoms with Crippen molar-refractivity contribution in [1.82, 2.24) is 34.7 Å². The SMILES string of the molecule is O=C(c1ccc(-c2cnc3nnc(C4(c5ccc6ncccc6c5)CC4)n3n2)cc1)N1CC[C@H](F)C1. The number of rotatable bonds is 4. The molecule has 2 fully saturated rings. The minimum Gasteiger partial charge on any atom is -0.336 e. The third-order valence-electron chi connectivity index (χ3n) is 7.31. The van der Waals surface area contributed by atoms with E-state index in [1.807, 2.05) is 24.3 Å². The number of hydrogen-bond acceptors (Lipinski definition) is 6. The molecule has 0 unspecified atom stereocenters. The van der Waals surface area contributed by atoms with Crippen LogP contribution in [0.2, 0.25) is 0 Å². The quantitative estimate of drug-likeness (QED) is 0.387. The number of likely N-dealkylation sites (tertiary alicyclic amines) is 1. The van der Waals surface area contributed by atoms with Gasteiger partial charge in [-0.1, -0.05) is 24.3 Å². The third kappa shape index (κ3) is 3.34. The van der Waals surface area contributed by atoms with Crippen molar-refractivity contribution in [2.45, 2.75) is 30.8 Å². The topological polar surface area (TPSA) is 89.2 Å². The summed E-state index contributed by atoms with van der Waals surface area (Å²) in [6.07, 6.45) is 4.84. The summed E-state index contributed by atoms with van der Waals surface area (Å²) in [5, 5.41) is 14.7. The molecule has 178 valence electrons. The van der Waals surface area contributed by atoms with E-state index < -0.39 is 6.17 Å². The fraction of sp³-hybridized carbons (Fsp3) is 0.259. The molecular formula is C27H22FN7O. The Morgan fingerprint density at radius 2 is 1.89 bits per heavy atom. The van der Waals surface area contributed by atoms with Gasteiger partial charge in [-0.15, -0.1) is 10.2 Å². The number of amides is 1. The largest absolute Gasteiger partial charge is 0.336 e. The number of nitrogens with zero attached hydrogens (tertiary/aromatic N) is 7. The first-order chi connectivity index (χ1) is 17.6. The van der Waals surface area contributed by atoms with Crippen molar-refractivity contribution in [3.8, 4) is 11.3 Å². The van der Waals surface area contributed by atoms with Crippen LogP contribution in [0.1, 0.15) is 41.0 Å². The maximum atomic E-state index is 13.5. The molecule has 4 heterocycles. The van der Waals surface area contributed by atoms with Gasteiger partial charge in [-0.2, -0.15) is 9.61 Å². The van der Waals surface area contributed by atoms with Gasteiger partial charge in [0.15, 0.2) is 5.82 Å². The van der Waals surface area contributed by atoms with E-state index in [0.717, 1.165) is 35.1 Å². The Morgan fingerprint density at radius 3 is 2.67 bits per heavy atom. The molecule has 0 bridgehead atoms. The maximum absolute atomic E-state index is 13.5. The minimum atomic E-state index is -0.936. The van der Waals surface area contributed by atoms with E-state index in [1.165, 1.54) is 5.56 Å². The lowest BCUT2D eigenvalue weighted by Crippen LogP contribution is -2.28. The first-order valence-corrected chi connectivity index (χ1v) is 12.1. The van der Waals surface area contributed by atoms with Gasteiger partial charge in [0, 0.05) is 29.3 Å². The summed E-state index contributed by atoms with van der Waals surface area (Å²) in [6, 6.07) is 17.5. The van der Waals surface area contributed by atoms with Crippen molar-refractivity contribution in [2.75, 3.05) is 13.1 Å². The second kappa shape index (κ2) is 7.87. The summed E-state index contributed by atoms with van der Waals surface area (Å²) in [7, 11) is 0. The van der Waals surface area contributed by atoms with Crippen molar-refractivity contribution in [3.05, 3.63) is 83.9 Å². The number of benzene rings is 2. The number of aromatic nitrogens is 6. The Kier molecular flexibility index (Phi) is 4.60. The van der Waals surface area contributed by atoms with Crippen LogP contribution in [0.3, 0.4) is 0 Å². The highest BCUT2D eigenvalue weighted by atomic mass is 19.1. The van der Waals surface area contributed by atoms with Crippen molar-refractivity contribution >= 4 is 22.6 Å². The molecule has 2 aromatic carbocycles. The Bertz CT molecular complexity index is 1630. The molecule has 1 atom stereocenters. The first kappa shape index (κ1) is 21.0. The van der Waals surface area contributed by atoms with E-state index in [0.29, 0.717) is 30.0 Å². The van der Waals surface area contributed by atoms with Crippen LogP contribution in [-0.4, -0.2) is 59.8 Å². The lowest BCUT2D eigenvalue weighted by molar-refractivity contribution is 0.0783. The summed E-state index contributed by atoms with van der Waals surface area (Å²) in [5.74, 6) is 1.08. The number of pyridine rings is 1. The highest BCUT2D eigenvalue weighted by Crippen LogP contribution is 2.53. The van der Waals surface area contributed by atoms with Crippen LogP contribution in [0.25, 0.3) is 27.9 Å². The summed E-state index contributed by atoms with van der Waals surface area (Å²) in [6.45, 7) is 0.615. The molecule has 36 heavy (non-hydrogen) atoms. The van der Waals surface area contributed by atoms with Gasteiger partial charge in [0.05, 0.1) is 23.7 Å². The predicted molar refractivity (Wildman–Crippen MR) is 131 cm³/mol. The van der Waals surface area contributed by atoms with Crippen molar-refractivity contribution in [1.29, 1.82) is 0 Å². The molecule has 1 saturated carbocycles. The van der Waals surface area contributed by atoms with Gasteiger partial charge in [0.25, 0.3) is 11.7 Å². The molecule has 1 aliphatic carbocycles. The number of alkyl halides is 1. The number of carbonyl (C=O) groups is 1. The molecular weight excluding hydrogens is 457 g/mol. The maximum Gasteiger partial charge on any atom is 0.271 e. The highest BCUT2D eigenvalue weighted by molar-refractivity contribution is 5.94. The van der Waals surface area contributed by atoms with Crippen LogP contribution in [0.15, 0.2) is 67.0 Å². The summed E-state index contributed by atoms with van der Waals surface area (Å²) < 4.78 is 15.2. The van der Waals surface area contributed by atoms with Gasteiger partial charge in [-0.05, 0) is 55.2 Å². The molecule has 1 saturated heterocycles.